The van der Waals surface area contributed by atoms with Crippen molar-refractivity contribution in [1.82, 2.24) is 5.43 Å². The zero-order valence-electron chi connectivity index (χ0n) is 17.1. The van der Waals surface area contributed by atoms with Gasteiger partial charge in [0.05, 0.1) is 6.21 Å². The van der Waals surface area contributed by atoms with Crippen molar-refractivity contribution in [3.8, 4) is 5.75 Å². The molecule has 4 rings (SSSR count). The number of hydrogen-bond donors (Lipinski definition) is 1. The maximum absolute atomic E-state index is 12.3. The van der Waals surface area contributed by atoms with Gasteiger partial charge in [-0.15, -0.1) is 11.8 Å². The van der Waals surface area contributed by atoms with E-state index in [4.69, 9.17) is 4.74 Å². The molecule has 0 atom stereocenters. The number of nitrogens with zero attached hydrogens (tertiary/aromatic N) is 1. The van der Waals surface area contributed by atoms with Gasteiger partial charge in [0.15, 0.2) is 0 Å². The van der Waals surface area contributed by atoms with Crippen LogP contribution in [-0.4, -0.2) is 18.4 Å². The molecule has 0 unspecified atom stereocenters. The van der Waals surface area contributed by atoms with Crippen molar-refractivity contribution in [2.45, 2.75) is 11.5 Å². The fourth-order valence-corrected chi connectivity index (χ4v) is 3.50. The van der Waals surface area contributed by atoms with Crippen LogP contribution in [-0.2, 0) is 6.61 Å². The molecular formula is C26H22N2O2S. The summed E-state index contributed by atoms with van der Waals surface area (Å²) in [7, 11) is 0. The lowest BCUT2D eigenvalue weighted by molar-refractivity contribution is 0.0955. The summed E-state index contributed by atoms with van der Waals surface area (Å²) in [6.07, 6.45) is 3.66. The van der Waals surface area contributed by atoms with Crippen LogP contribution in [0.25, 0.3) is 10.8 Å². The van der Waals surface area contributed by atoms with E-state index < -0.39 is 0 Å². The first-order chi connectivity index (χ1) is 15.2. The van der Waals surface area contributed by atoms with E-state index in [1.165, 1.54) is 10.3 Å². The number of hydrazone groups is 1. The Kier molecular flexibility index (Phi) is 6.65. The summed E-state index contributed by atoms with van der Waals surface area (Å²) in [6, 6.07) is 29.5. The van der Waals surface area contributed by atoms with Crippen molar-refractivity contribution in [1.29, 1.82) is 0 Å². The quantitative estimate of drug-likeness (QED) is 0.227. The number of thioether (sulfide) groups is 1. The van der Waals surface area contributed by atoms with Gasteiger partial charge in [-0.25, -0.2) is 5.43 Å². The number of carbonyl (C=O) groups is 1. The van der Waals surface area contributed by atoms with E-state index in [9.17, 15) is 4.79 Å². The highest BCUT2D eigenvalue weighted by atomic mass is 32.2. The molecule has 31 heavy (non-hydrogen) atoms. The summed E-state index contributed by atoms with van der Waals surface area (Å²) in [5.41, 5.74) is 5.03. The number of fused-ring (bicyclic) bond motifs is 1. The van der Waals surface area contributed by atoms with Crippen molar-refractivity contribution < 1.29 is 9.53 Å². The maximum atomic E-state index is 12.3. The SMILES string of the molecule is CSc1ccc(/C=N\NC(=O)c2ccc(COc3ccc4ccccc4c3)cc2)cc1. The lowest BCUT2D eigenvalue weighted by atomic mass is 10.1. The van der Waals surface area contributed by atoms with Crippen LogP contribution in [0.1, 0.15) is 21.5 Å². The largest absolute Gasteiger partial charge is 0.489 e. The summed E-state index contributed by atoms with van der Waals surface area (Å²) in [4.78, 5) is 13.5. The number of hydrogen-bond acceptors (Lipinski definition) is 4. The summed E-state index contributed by atoms with van der Waals surface area (Å²) in [5.74, 6) is 0.569. The van der Waals surface area contributed by atoms with Gasteiger partial charge < -0.3 is 4.74 Å². The molecule has 0 radical (unpaired) electrons. The van der Waals surface area contributed by atoms with Crippen LogP contribution in [0.2, 0.25) is 0 Å². The highest BCUT2D eigenvalue weighted by Crippen LogP contribution is 2.21. The van der Waals surface area contributed by atoms with E-state index in [0.29, 0.717) is 12.2 Å². The Hall–Kier alpha value is -3.57. The first kappa shape index (κ1) is 20.7. The molecule has 0 aliphatic rings. The number of carbonyl (C=O) groups excluding carboxylic acids is 1. The summed E-state index contributed by atoms with van der Waals surface area (Å²) in [6.45, 7) is 0.435. The zero-order valence-corrected chi connectivity index (χ0v) is 17.9. The molecule has 1 amide bonds. The normalized spacial score (nSPS) is 11.0. The molecule has 0 aliphatic heterocycles. The highest BCUT2D eigenvalue weighted by Gasteiger charge is 2.05. The highest BCUT2D eigenvalue weighted by molar-refractivity contribution is 7.98. The standard InChI is InChI=1S/C26H22N2O2S/c1-31-25-14-8-19(9-15-25)17-27-28-26(29)22-10-6-20(7-11-22)18-30-24-13-12-21-4-2-3-5-23(21)16-24/h2-17H,18H2,1H3,(H,28,29)/b27-17-. The number of nitrogens with one attached hydrogen (secondary N) is 1. The average molecular weight is 427 g/mol. The van der Waals surface area contributed by atoms with Gasteiger partial charge in [0.1, 0.15) is 12.4 Å². The second-order valence-electron chi connectivity index (χ2n) is 6.97. The van der Waals surface area contributed by atoms with E-state index in [0.717, 1.165) is 22.3 Å². The zero-order chi connectivity index (χ0) is 21.5. The Balaban J connectivity index is 1.31. The first-order valence-corrected chi connectivity index (χ1v) is 11.1. The molecule has 0 saturated heterocycles. The van der Waals surface area contributed by atoms with Gasteiger partial charge in [-0.1, -0.05) is 54.6 Å². The molecule has 0 fully saturated rings. The third kappa shape index (κ3) is 5.53. The van der Waals surface area contributed by atoms with E-state index in [2.05, 4.69) is 28.7 Å². The smallest absolute Gasteiger partial charge is 0.271 e. The lowest BCUT2D eigenvalue weighted by Crippen LogP contribution is -2.17. The Labute approximate surface area is 186 Å². The van der Waals surface area contributed by atoms with Gasteiger partial charge in [-0.2, -0.15) is 5.10 Å². The van der Waals surface area contributed by atoms with E-state index in [1.807, 2.05) is 66.9 Å². The van der Waals surface area contributed by atoms with Crippen LogP contribution in [0.3, 0.4) is 0 Å². The minimum absolute atomic E-state index is 0.251. The van der Waals surface area contributed by atoms with Crippen LogP contribution in [0, 0.1) is 0 Å². The summed E-state index contributed by atoms with van der Waals surface area (Å²) >= 11 is 1.68. The molecule has 0 aromatic heterocycles. The molecule has 1 N–H and O–H groups in total. The van der Waals surface area contributed by atoms with Gasteiger partial charge >= 0.3 is 0 Å². The number of amides is 1. The van der Waals surface area contributed by atoms with Crippen molar-refractivity contribution in [3.05, 3.63) is 108 Å². The molecule has 4 nitrogen and oxygen atoms in total. The van der Waals surface area contributed by atoms with Crippen LogP contribution < -0.4 is 10.2 Å². The molecule has 4 aromatic carbocycles. The fourth-order valence-electron chi connectivity index (χ4n) is 3.10. The average Bonchev–Trinajstić information content (AvgIpc) is 2.83. The second-order valence-corrected chi connectivity index (χ2v) is 7.85. The van der Waals surface area contributed by atoms with E-state index in [1.54, 1.807) is 30.1 Å². The van der Waals surface area contributed by atoms with Crippen molar-refractivity contribution in [3.63, 3.8) is 0 Å². The van der Waals surface area contributed by atoms with Crippen LogP contribution in [0.15, 0.2) is 101 Å². The molecule has 5 heteroatoms. The van der Waals surface area contributed by atoms with Gasteiger partial charge in [-0.3, -0.25) is 4.79 Å². The van der Waals surface area contributed by atoms with E-state index >= 15 is 0 Å². The predicted molar refractivity (Wildman–Crippen MR) is 128 cm³/mol. The molecule has 154 valence electrons. The molecule has 4 aromatic rings. The lowest BCUT2D eigenvalue weighted by Gasteiger charge is -2.08. The van der Waals surface area contributed by atoms with E-state index in [-0.39, 0.29) is 5.91 Å². The molecule has 0 heterocycles. The van der Waals surface area contributed by atoms with Crippen LogP contribution in [0.4, 0.5) is 0 Å². The predicted octanol–water partition coefficient (Wildman–Crippen LogP) is 5.90. The number of rotatable bonds is 7. The molecular weight excluding hydrogens is 404 g/mol. The third-order valence-corrected chi connectivity index (χ3v) is 5.58. The molecule has 0 aliphatic carbocycles. The number of benzene rings is 4. The van der Waals surface area contributed by atoms with Crippen LogP contribution >= 0.6 is 11.8 Å². The van der Waals surface area contributed by atoms with Crippen molar-refractivity contribution in [2.24, 2.45) is 5.10 Å². The Morgan fingerprint density at radius 2 is 1.68 bits per heavy atom. The Bertz CT molecular complexity index is 1200. The second kappa shape index (κ2) is 9.96. The third-order valence-electron chi connectivity index (χ3n) is 4.84. The first-order valence-electron chi connectivity index (χ1n) is 9.89. The molecule has 0 bridgehead atoms. The minimum Gasteiger partial charge on any atom is -0.489 e. The van der Waals surface area contributed by atoms with Gasteiger partial charge in [-0.05, 0) is 64.6 Å². The van der Waals surface area contributed by atoms with Crippen molar-refractivity contribution >= 4 is 34.7 Å². The minimum atomic E-state index is -0.251. The number of ether oxygens (including phenoxy) is 1. The summed E-state index contributed by atoms with van der Waals surface area (Å²) < 4.78 is 5.91. The van der Waals surface area contributed by atoms with Gasteiger partial charge in [0.2, 0.25) is 0 Å². The topological polar surface area (TPSA) is 50.7 Å². The molecule has 0 saturated carbocycles. The van der Waals surface area contributed by atoms with Crippen LogP contribution in [0.5, 0.6) is 5.75 Å². The monoisotopic (exact) mass is 426 g/mol. The van der Waals surface area contributed by atoms with Crippen molar-refractivity contribution in [2.75, 3.05) is 6.26 Å². The fraction of sp³-hybridized carbons (Fsp3) is 0.0769. The van der Waals surface area contributed by atoms with Gasteiger partial charge in [0.25, 0.3) is 5.91 Å². The summed E-state index contributed by atoms with van der Waals surface area (Å²) in [5, 5.41) is 6.37. The Morgan fingerprint density at radius 1 is 0.935 bits per heavy atom. The molecule has 0 spiro atoms. The maximum Gasteiger partial charge on any atom is 0.271 e. The van der Waals surface area contributed by atoms with Gasteiger partial charge in [0, 0.05) is 10.5 Å². The Morgan fingerprint density at radius 3 is 2.42 bits per heavy atom.